The van der Waals surface area contributed by atoms with E-state index in [4.69, 9.17) is 11.6 Å². The smallest absolute Gasteiger partial charge is 0.244 e. The number of para-hydroxylation sites is 1. The van der Waals surface area contributed by atoms with Crippen molar-refractivity contribution in [2.75, 3.05) is 24.7 Å². The van der Waals surface area contributed by atoms with E-state index in [1.807, 2.05) is 6.92 Å². The zero-order valence-electron chi connectivity index (χ0n) is 14.6. The number of thioether (sulfide) groups is 1. The van der Waals surface area contributed by atoms with Gasteiger partial charge in [-0.3, -0.25) is 9.59 Å². The maximum absolute atomic E-state index is 12.3. The molecule has 9 heteroatoms. The zero-order chi connectivity index (χ0) is 18.7. The van der Waals surface area contributed by atoms with Gasteiger partial charge in [-0.15, -0.1) is 10.2 Å². The predicted octanol–water partition coefficient (Wildman–Crippen LogP) is 2.76. The number of aryl methyl sites for hydroxylation is 1. The number of carbonyl (C=O) groups excluding carboxylic acids is 2. The first-order valence-electron chi connectivity index (χ1n) is 8.28. The fourth-order valence-electron chi connectivity index (χ4n) is 2.49. The van der Waals surface area contributed by atoms with Crippen molar-refractivity contribution < 1.29 is 9.59 Å². The van der Waals surface area contributed by atoms with Crippen LogP contribution >= 0.6 is 23.4 Å². The third-order valence-corrected chi connectivity index (χ3v) is 5.28. The van der Waals surface area contributed by atoms with Gasteiger partial charge in [-0.2, -0.15) is 0 Å². The molecule has 1 heterocycles. The molecule has 1 aromatic carbocycles. The fourth-order valence-corrected chi connectivity index (χ4v) is 3.67. The van der Waals surface area contributed by atoms with Gasteiger partial charge in [-0.25, -0.2) is 0 Å². The van der Waals surface area contributed by atoms with Gasteiger partial charge in [0.05, 0.1) is 23.0 Å². The largest absolute Gasteiger partial charge is 0.336 e. The van der Waals surface area contributed by atoms with Crippen molar-refractivity contribution >= 4 is 40.9 Å². The summed E-state index contributed by atoms with van der Waals surface area (Å²) in [5, 5.41) is 12.2. The minimum Gasteiger partial charge on any atom is -0.336 e. The number of nitrogens with one attached hydrogen (secondary N) is 1. The Morgan fingerprint density at radius 3 is 2.77 bits per heavy atom. The maximum Gasteiger partial charge on any atom is 0.244 e. The highest BCUT2D eigenvalue weighted by Gasteiger charge is 2.28. The van der Waals surface area contributed by atoms with Crippen molar-refractivity contribution in [3.63, 3.8) is 0 Å². The first-order chi connectivity index (χ1) is 12.5. The Morgan fingerprint density at radius 1 is 1.35 bits per heavy atom. The molecule has 0 saturated heterocycles. The van der Waals surface area contributed by atoms with Crippen LogP contribution in [0.5, 0.6) is 0 Å². The molecule has 0 radical (unpaired) electrons. The summed E-state index contributed by atoms with van der Waals surface area (Å²) in [6.45, 7) is 1.88. The Morgan fingerprint density at radius 2 is 2.08 bits per heavy atom. The van der Waals surface area contributed by atoms with Crippen molar-refractivity contribution in [2.45, 2.75) is 31.0 Å². The van der Waals surface area contributed by atoms with Crippen LogP contribution in [0.25, 0.3) is 0 Å². The predicted molar refractivity (Wildman–Crippen MR) is 101 cm³/mol. The van der Waals surface area contributed by atoms with Crippen LogP contribution in [-0.4, -0.2) is 50.8 Å². The van der Waals surface area contributed by atoms with Crippen LogP contribution in [-0.2, 0) is 9.59 Å². The number of likely N-dealkylation sites (N-methyl/N-ethyl adjacent to an activating group) is 1. The first kappa shape index (κ1) is 18.7. The highest BCUT2D eigenvalue weighted by Crippen LogP contribution is 2.38. The lowest BCUT2D eigenvalue weighted by atomic mass is 10.3. The second-order valence-corrected chi connectivity index (χ2v) is 7.55. The van der Waals surface area contributed by atoms with Crippen LogP contribution in [0.15, 0.2) is 29.4 Å². The van der Waals surface area contributed by atoms with Gasteiger partial charge in [0.25, 0.3) is 0 Å². The number of amides is 2. The highest BCUT2D eigenvalue weighted by atomic mass is 35.5. The second-order valence-electron chi connectivity index (χ2n) is 6.20. The molecule has 1 aliphatic rings. The molecule has 0 bridgehead atoms. The van der Waals surface area contributed by atoms with Gasteiger partial charge in [0.1, 0.15) is 5.82 Å². The van der Waals surface area contributed by atoms with E-state index >= 15 is 0 Å². The van der Waals surface area contributed by atoms with Gasteiger partial charge >= 0.3 is 0 Å². The number of hydrogen-bond acceptors (Lipinski definition) is 5. The molecule has 2 amide bonds. The standard InChI is InChI=1S/C17H20ClN5O2S/c1-11-20-21-17(23(11)12-7-8-12)26-10-16(25)22(2)9-15(24)19-14-6-4-3-5-13(14)18/h3-6,12H,7-10H2,1-2H3,(H,19,24). The van der Waals surface area contributed by atoms with Crippen molar-refractivity contribution in [2.24, 2.45) is 0 Å². The number of rotatable bonds is 7. The Hall–Kier alpha value is -2.06. The number of halogens is 1. The van der Waals surface area contributed by atoms with Crippen LogP contribution in [0.4, 0.5) is 5.69 Å². The summed E-state index contributed by atoms with van der Waals surface area (Å²) < 4.78 is 2.09. The van der Waals surface area contributed by atoms with Gasteiger partial charge in [0.2, 0.25) is 11.8 Å². The molecule has 2 aromatic rings. The molecule has 1 saturated carbocycles. The molecule has 3 rings (SSSR count). The lowest BCUT2D eigenvalue weighted by Gasteiger charge is -2.17. The molecular formula is C17H20ClN5O2S. The number of carbonyl (C=O) groups is 2. The quantitative estimate of drug-likeness (QED) is 0.731. The molecular weight excluding hydrogens is 374 g/mol. The molecule has 138 valence electrons. The summed E-state index contributed by atoms with van der Waals surface area (Å²) in [6, 6.07) is 7.44. The van der Waals surface area contributed by atoms with Gasteiger partial charge < -0.3 is 14.8 Å². The Balaban J connectivity index is 1.50. The summed E-state index contributed by atoms with van der Waals surface area (Å²) in [5.74, 6) is 0.638. The molecule has 1 fully saturated rings. The molecule has 0 spiro atoms. The SMILES string of the molecule is Cc1nnc(SCC(=O)N(C)CC(=O)Nc2ccccc2Cl)n1C1CC1. The molecule has 7 nitrogen and oxygen atoms in total. The van der Waals surface area contributed by atoms with Crippen LogP contribution in [0.3, 0.4) is 0 Å². The zero-order valence-corrected chi connectivity index (χ0v) is 16.2. The van der Waals surface area contributed by atoms with Gasteiger partial charge in [0, 0.05) is 13.1 Å². The summed E-state index contributed by atoms with van der Waals surface area (Å²) in [4.78, 5) is 25.8. The van der Waals surface area contributed by atoms with E-state index in [2.05, 4.69) is 20.1 Å². The van der Waals surface area contributed by atoms with Gasteiger partial charge in [0.15, 0.2) is 5.16 Å². The van der Waals surface area contributed by atoms with E-state index < -0.39 is 0 Å². The average molecular weight is 394 g/mol. The number of anilines is 1. The van der Waals surface area contributed by atoms with Gasteiger partial charge in [-0.1, -0.05) is 35.5 Å². The topological polar surface area (TPSA) is 80.1 Å². The van der Waals surface area contributed by atoms with Crippen molar-refractivity contribution in [1.29, 1.82) is 0 Å². The van der Waals surface area contributed by atoms with Crippen molar-refractivity contribution in [3.05, 3.63) is 35.1 Å². The second kappa shape index (κ2) is 8.09. The minimum absolute atomic E-state index is 0.0427. The van der Waals surface area contributed by atoms with Crippen LogP contribution in [0.2, 0.25) is 5.02 Å². The van der Waals surface area contributed by atoms with E-state index in [1.54, 1.807) is 31.3 Å². The Kier molecular flexibility index (Phi) is 5.83. The lowest BCUT2D eigenvalue weighted by Crippen LogP contribution is -2.36. The van der Waals surface area contributed by atoms with Gasteiger partial charge in [-0.05, 0) is 31.9 Å². The number of benzene rings is 1. The Labute approximate surface area is 161 Å². The van der Waals surface area contributed by atoms with Crippen LogP contribution in [0, 0.1) is 6.92 Å². The summed E-state index contributed by atoms with van der Waals surface area (Å²) in [5.41, 5.74) is 0.530. The summed E-state index contributed by atoms with van der Waals surface area (Å²) in [7, 11) is 1.60. The van der Waals surface area contributed by atoms with Crippen LogP contribution < -0.4 is 5.32 Å². The molecule has 1 N–H and O–H groups in total. The van der Waals surface area contributed by atoms with E-state index in [0.717, 1.165) is 23.8 Å². The third-order valence-electron chi connectivity index (χ3n) is 4.03. The summed E-state index contributed by atoms with van der Waals surface area (Å²) in [6.07, 6.45) is 2.25. The number of nitrogens with zero attached hydrogens (tertiary/aromatic N) is 4. The molecule has 0 aliphatic heterocycles. The first-order valence-corrected chi connectivity index (χ1v) is 9.64. The molecule has 26 heavy (non-hydrogen) atoms. The van der Waals surface area contributed by atoms with Crippen molar-refractivity contribution in [1.82, 2.24) is 19.7 Å². The lowest BCUT2D eigenvalue weighted by molar-refractivity contribution is -0.131. The fraction of sp³-hybridized carbons (Fsp3) is 0.412. The highest BCUT2D eigenvalue weighted by molar-refractivity contribution is 7.99. The molecule has 0 unspecified atom stereocenters. The average Bonchev–Trinajstić information content (AvgIpc) is 3.37. The molecule has 1 aromatic heterocycles. The maximum atomic E-state index is 12.3. The normalized spacial score (nSPS) is 13.5. The molecule has 1 aliphatic carbocycles. The van der Waals surface area contributed by atoms with E-state index in [-0.39, 0.29) is 24.1 Å². The minimum atomic E-state index is -0.295. The summed E-state index contributed by atoms with van der Waals surface area (Å²) >= 11 is 7.37. The number of aromatic nitrogens is 3. The van der Waals surface area contributed by atoms with Crippen LogP contribution in [0.1, 0.15) is 24.7 Å². The van der Waals surface area contributed by atoms with Crippen molar-refractivity contribution in [3.8, 4) is 0 Å². The molecule has 0 atom stereocenters. The monoisotopic (exact) mass is 393 g/mol. The van der Waals surface area contributed by atoms with E-state index in [9.17, 15) is 9.59 Å². The van der Waals surface area contributed by atoms with E-state index in [1.165, 1.54) is 16.7 Å². The third kappa shape index (κ3) is 4.56. The van der Waals surface area contributed by atoms with E-state index in [0.29, 0.717) is 16.8 Å². The Bertz CT molecular complexity index is 821. The number of hydrogen-bond donors (Lipinski definition) is 1.